The lowest BCUT2D eigenvalue weighted by atomic mass is 10.5. The van der Waals surface area contributed by atoms with Gasteiger partial charge >= 0.3 is 0 Å². The zero-order valence-corrected chi connectivity index (χ0v) is 9.29. The summed E-state index contributed by atoms with van der Waals surface area (Å²) in [6, 6.07) is 9.04. The molecule has 0 bridgehead atoms. The van der Waals surface area contributed by atoms with Crippen LogP contribution in [-0.4, -0.2) is 9.97 Å². The lowest BCUT2D eigenvalue weighted by Gasteiger charge is -2.02. The second-order valence-corrected chi connectivity index (χ2v) is 4.21. The van der Waals surface area contributed by atoms with Crippen molar-refractivity contribution in [3.63, 3.8) is 0 Å². The highest BCUT2D eigenvalue weighted by molar-refractivity contribution is 7.99. The molecule has 0 amide bonds. The maximum absolute atomic E-state index is 5.97. The molecular weight excluding hydrogens is 230 g/mol. The van der Waals surface area contributed by atoms with Gasteiger partial charge in [-0.2, -0.15) is 0 Å². The van der Waals surface area contributed by atoms with Crippen LogP contribution in [-0.2, 0) is 0 Å². The molecule has 0 spiro atoms. The van der Waals surface area contributed by atoms with Crippen molar-refractivity contribution in [1.82, 2.24) is 9.97 Å². The third-order valence-electron chi connectivity index (χ3n) is 1.67. The summed E-state index contributed by atoms with van der Waals surface area (Å²) in [7, 11) is 0. The maximum Gasteiger partial charge on any atom is 0.124 e. The Bertz CT molecular complexity index is 476. The van der Waals surface area contributed by atoms with Gasteiger partial charge in [-0.3, -0.25) is 0 Å². The minimum Gasteiger partial charge on any atom is -0.384 e. The average Bonchev–Trinajstić information content (AvgIpc) is 2.22. The molecule has 0 unspecified atom stereocenters. The fourth-order valence-electron chi connectivity index (χ4n) is 1.03. The number of aromatic nitrogens is 2. The van der Waals surface area contributed by atoms with E-state index in [9.17, 15) is 0 Å². The molecule has 2 heterocycles. The van der Waals surface area contributed by atoms with Gasteiger partial charge in [-0.1, -0.05) is 17.7 Å². The van der Waals surface area contributed by atoms with Crippen LogP contribution in [0.5, 0.6) is 0 Å². The van der Waals surface area contributed by atoms with Crippen molar-refractivity contribution in [2.24, 2.45) is 0 Å². The van der Waals surface area contributed by atoms with Crippen molar-refractivity contribution in [3.8, 4) is 0 Å². The van der Waals surface area contributed by atoms with Crippen molar-refractivity contribution in [1.29, 1.82) is 0 Å². The maximum atomic E-state index is 5.97. The SMILES string of the molecule is Nc1cccc(Sc2ncccc2Cl)n1. The van der Waals surface area contributed by atoms with Gasteiger partial charge in [-0.25, -0.2) is 9.97 Å². The van der Waals surface area contributed by atoms with Gasteiger partial charge in [0.05, 0.1) is 5.02 Å². The molecule has 0 aliphatic rings. The van der Waals surface area contributed by atoms with Gasteiger partial charge in [-0.05, 0) is 36.0 Å². The van der Waals surface area contributed by atoms with E-state index in [1.165, 1.54) is 11.8 Å². The molecule has 0 saturated carbocycles. The van der Waals surface area contributed by atoms with Gasteiger partial charge in [0.1, 0.15) is 15.9 Å². The summed E-state index contributed by atoms with van der Waals surface area (Å²) in [4.78, 5) is 8.31. The summed E-state index contributed by atoms with van der Waals surface area (Å²) in [5.74, 6) is 0.493. The van der Waals surface area contributed by atoms with Gasteiger partial charge in [0.25, 0.3) is 0 Å². The highest BCUT2D eigenvalue weighted by Gasteiger charge is 2.04. The molecule has 0 aromatic carbocycles. The summed E-state index contributed by atoms with van der Waals surface area (Å²) in [6.45, 7) is 0. The summed E-state index contributed by atoms with van der Waals surface area (Å²) in [5.41, 5.74) is 5.57. The Morgan fingerprint density at radius 1 is 1.20 bits per heavy atom. The van der Waals surface area contributed by atoms with Crippen LogP contribution in [0.4, 0.5) is 5.82 Å². The summed E-state index contributed by atoms with van der Waals surface area (Å²) < 4.78 is 0. The summed E-state index contributed by atoms with van der Waals surface area (Å²) in [5, 5.41) is 2.14. The third kappa shape index (κ3) is 2.61. The molecule has 76 valence electrons. The Hall–Kier alpha value is -1.26. The third-order valence-corrected chi connectivity index (χ3v) is 3.04. The predicted octanol–water partition coefficient (Wildman–Crippen LogP) is 2.86. The first-order chi connectivity index (χ1) is 7.25. The van der Waals surface area contributed by atoms with E-state index >= 15 is 0 Å². The predicted molar refractivity (Wildman–Crippen MR) is 62.0 cm³/mol. The second-order valence-electron chi connectivity index (χ2n) is 2.79. The van der Waals surface area contributed by atoms with Gasteiger partial charge in [0.2, 0.25) is 0 Å². The van der Waals surface area contributed by atoms with E-state index in [1.54, 1.807) is 24.4 Å². The molecule has 5 heteroatoms. The van der Waals surface area contributed by atoms with E-state index in [2.05, 4.69) is 9.97 Å². The number of anilines is 1. The Kier molecular flexibility index (Phi) is 3.08. The number of hydrogen-bond donors (Lipinski definition) is 1. The highest BCUT2D eigenvalue weighted by atomic mass is 35.5. The molecular formula is C10H8ClN3S. The molecule has 0 aliphatic carbocycles. The van der Waals surface area contributed by atoms with Crippen LogP contribution >= 0.6 is 23.4 Å². The molecule has 0 fully saturated rings. The van der Waals surface area contributed by atoms with Gasteiger partial charge < -0.3 is 5.73 Å². The minimum atomic E-state index is 0.493. The Labute approximate surface area is 96.7 Å². The Balaban J connectivity index is 2.26. The smallest absolute Gasteiger partial charge is 0.124 e. The van der Waals surface area contributed by atoms with E-state index in [0.29, 0.717) is 10.8 Å². The van der Waals surface area contributed by atoms with Crippen LogP contribution in [0.15, 0.2) is 46.6 Å². The number of hydrogen-bond acceptors (Lipinski definition) is 4. The number of nitrogen functional groups attached to an aromatic ring is 1. The lowest BCUT2D eigenvalue weighted by molar-refractivity contribution is 1.10. The molecule has 0 radical (unpaired) electrons. The largest absolute Gasteiger partial charge is 0.384 e. The zero-order chi connectivity index (χ0) is 10.7. The van der Waals surface area contributed by atoms with E-state index in [1.807, 2.05) is 12.1 Å². The van der Waals surface area contributed by atoms with E-state index in [0.717, 1.165) is 10.1 Å². The van der Waals surface area contributed by atoms with Gasteiger partial charge in [0, 0.05) is 6.20 Å². The molecule has 0 saturated heterocycles. The van der Waals surface area contributed by atoms with Crippen molar-refractivity contribution < 1.29 is 0 Å². The monoisotopic (exact) mass is 237 g/mol. The minimum absolute atomic E-state index is 0.493. The first-order valence-corrected chi connectivity index (χ1v) is 5.46. The second kappa shape index (κ2) is 4.51. The van der Waals surface area contributed by atoms with Crippen LogP contribution in [0.25, 0.3) is 0 Å². The van der Waals surface area contributed by atoms with Crippen molar-refractivity contribution in [3.05, 3.63) is 41.6 Å². The Morgan fingerprint density at radius 3 is 2.80 bits per heavy atom. The molecule has 0 atom stereocenters. The highest BCUT2D eigenvalue weighted by Crippen LogP contribution is 2.29. The normalized spacial score (nSPS) is 10.2. The molecule has 2 rings (SSSR count). The molecule has 15 heavy (non-hydrogen) atoms. The van der Waals surface area contributed by atoms with Crippen molar-refractivity contribution in [2.75, 3.05) is 5.73 Å². The van der Waals surface area contributed by atoms with E-state index < -0.39 is 0 Å². The molecule has 3 nitrogen and oxygen atoms in total. The lowest BCUT2D eigenvalue weighted by Crippen LogP contribution is -1.90. The number of halogens is 1. The standard InChI is InChI=1S/C10H8ClN3S/c11-7-3-2-6-13-10(7)15-9-5-1-4-8(12)14-9/h1-6H,(H2,12,14). The van der Waals surface area contributed by atoms with Crippen LogP contribution in [0.1, 0.15) is 0 Å². The average molecular weight is 238 g/mol. The topological polar surface area (TPSA) is 51.8 Å². The van der Waals surface area contributed by atoms with Crippen molar-refractivity contribution in [2.45, 2.75) is 10.1 Å². The van der Waals surface area contributed by atoms with E-state index in [-0.39, 0.29) is 0 Å². The molecule has 2 aromatic rings. The molecule has 2 aromatic heterocycles. The fraction of sp³-hybridized carbons (Fsp3) is 0. The number of pyridine rings is 2. The first-order valence-electron chi connectivity index (χ1n) is 4.26. The fourth-order valence-corrected chi connectivity index (χ4v) is 2.05. The van der Waals surface area contributed by atoms with Crippen LogP contribution in [0, 0.1) is 0 Å². The van der Waals surface area contributed by atoms with E-state index in [4.69, 9.17) is 17.3 Å². The summed E-state index contributed by atoms with van der Waals surface area (Å²) >= 11 is 7.37. The van der Waals surface area contributed by atoms with Gasteiger partial charge in [0.15, 0.2) is 0 Å². The summed E-state index contributed by atoms with van der Waals surface area (Å²) in [6.07, 6.45) is 1.69. The number of rotatable bonds is 2. The van der Waals surface area contributed by atoms with Gasteiger partial charge in [-0.15, -0.1) is 0 Å². The number of nitrogens with zero attached hydrogens (tertiary/aromatic N) is 2. The zero-order valence-electron chi connectivity index (χ0n) is 7.72. The van der Waals surface area contributed by atoms with Crippen LogP contribution in [0.3, 0.4) is 0 Å². The van der Waals surface area contributed by atoms with Crippen LogP contribution < -0.4 is 5.73 Å². The molecule has 0 aliphatic heterocycles. The Morgan fingerprint density at radius 2 is 2.07 bits per heavy atom. The van der Waals surface area contributed by atoms with Crippen LogP contribution in [0.2, 0.25) is 5.02 Å². The molecule has 2 N–H and O–H groups in total. The quantitative estimate of drug-likeness (QED) is 0.873. The number of nitrogens with two attached hydrogens (primary N) is 1. The van der Waals surface area contributed by atoms with Crippen molar-refractivity contribution >= 4 is 29.2 Å². The first kappa shape index (κ1) is 10.3.